The highest BCUT2D eigenvalue weighted by atomic mass is 16.5. The molecule has 0 saturated carbocycles. The highest BCUT2D eigenvalue weighted by molar-refractivity contribution is 5.99. The first kappa shape index (κ1) is 19.9. The molecule has 4 rings (SSSR count). The summed E-state index contributed by atoms with van der Waals surface area (Å²) in [7, 11) is 1.62. The van der Waals surface area contributed by atoms with E-state index in [2.05, 4.69) is 6.58 Å². The molecule has 154 valence electrons. The largest absolute Gasteiger partial charge is 0.490 e. The quantitative estimate of drug-likeness (QED) is 0.419. The number of hydrogen-bond acceptors (Lipinski definition) is 5. The summed E-state index contributed by atoms with van der Waals surface area (Å²) >= 11 is 0. The van der Waals surface area contributed by atoms with Gasteiger partial charge in [0.2, 0.25) is 5.76 Å². The average molecular weight is 405 g/mol. The van der Waals surface area contributed by atoms with E-state index in [-0.39, 0.29) is 17.1 Å². The van der Waals surface area contributed by atoms with Gasteiger partial charge in [-0.1, -0.05) is 36.9 Å². The Bertz CT molecular complexity index is 1150. The highest BCUT2D eigenvalue weighted by Crippen LogP contribution is 2.39. The lowest BCUT2D eigenvalue weighted by Crippen LogP contribution is -2.31. The standard InChI is InChI=1S/C24H23NO5/c1-3-13-29-17-9-6-8-16(15-17)21-20-22(26)18-10-4-5-11-19(18)30-23(20)24(27)25(21)12-7-14-28-2/h3-6,8-11,15,21H,1,7,12-14H2,2H3. The van der Waals surface area contributed by atoms with Crippen LogP contribution in [0, 0.1) is 0 Å². The number of carbonyl (C=O) groups excluding carboxylic acids is 1. The molecule has 1 atom stereocenters. The minimum absolute atomic E-state index is 0.110. The van der Waals surface area contributed by atoms with Crippen molar-refractivity contribution >= 4 is 16.9 Å². The van der Waals surface area contributed by atoms with E-state index in [0.717, 1.165) is 5.56 Å². The second-order valence-electron chi connectivity index (χ2n) is 7.09. The van der Waals surface area contributed by atoms with Crippen LogP contribution < -0.4 is 10.2 Å². The van der Waals surface area contributed by atoms with E-state index in [1.165, 1.54) is 0 Å². The first-order valence-electron chi connectivity index (χ1n) is 9.85. The molecule has 2 heterocycles. The average Bonchev–Trinajstić information content (AvgIpc) is 3.05. The second-order valence-corrected chi connectivity index (χ2v) is 7.09. The number of fused-ring (bicyclic) bond motifs is 2. The molecule has 30 heavy (non-hydrogen) atoms. The molecule has 0 saturated heterocycles. The molecule has 6 heteroatoms. The van der Waals surface area contributed by atoms with Gasteiger partial charge in [0.15, 0.2) is 5.43 Å². The normalized spacial score (nSPS) is 15.4. The van der Waals surface area contributed by atoms with Crippen LogP contribution in [0.3, 0.4) is 0 Å². The maximum atomic E-state index is 13.4. The van der Waals surface area contributed by atoms with Crippen molar-refractivity contribution in [1.29, 1.82) is 0 Å². The zero-order valence-electron chi connectivity index (χ0n) is 16.8. The summed E-state index contributed by atoms with van der Waals surface area (Å²) in [5.74, 6) is 0.472. The Kier molecular flexibility index (Phi) is 5.68. The van der Waals surface area contributed by atoms with Gasteiger partial charge >= 0.3 is 0 Å². The Morgan fingerprint density at radius 1 is 1.17 bits per heavy atom. The van der Waals surface area contributed by atoms with Crippen LogP contribution in [-0.2, 0) is 4.74 Å². The molecule has 0 spiro atoms. The lowest BCUT2D eigenvalue weighted by atomic mass is 9.98. The van der Waals surface area contributed by atoms with Gasteiger partial charge in [-0.3, -0.25) is 9.59 Å². The zero-order valence-corrected chi connectivity index (χ0v) is 16.8. The van der Waals surface area contributed by atoms with Crippen molar-refractivity contribution < 1.29 is 18.7 Å². The third-order valence-electron chi connectivity index (χ3n) is 5.16. The molecule has 0 fully saturated rings. The first-order valence-corrected chi connectivity index (χ1v) is 9.85. The smallest absolute Gasteiger partial charge is 0.290 e. The van der Waals surface area contributed by atoms with Crippen LogP contribution in [0.1, 0.15) is 34.1 Å². The molecule has 0 bridgehead atoms. The van der Waals surface area contributed by atoms with Crippen molar-refractivity contribution in [2.75, 3.05) is 26.9 Å². The minimum atomic E-state index is -0.544. The molecular weight excluding hydrogens is 382 g/mol. The van der Waals surface area contributed by atoms with Crippen molar-refractivity contribution in [3.05, 3.63) is 88.3 Å². The van der Waals surface area contributed by atoms with E-state index in [4.69, 9.17) is 13.9 Å². The van der Waals surface area contributed by atoms with Gasteiger partial charge in [-0.05, 0) is 36.2 Å². The summed E-state index contributed by atoms with van der Waals surface area (Å²) < 4.78 is 16.7. The molecule has 0 N–H and O–H groups in total. The van der Waals surface area contributed by atoms with Crippen molar-refractivity contribution in [1.82, 2.24) is 4.90 Å². The summed E-state index contributed by atoms with van der Waals surface area (Å²) in [4.78, 5) is 28.3. The number of ether oxygens (including phenoxy) is 2. The van der Waals surface area contributed by atoms with Gasteiger partial charge in [-0.2, -0.15) is 0 Å². The predicted octanol–water partition coefficient (Wildman–Crippen LogP) is 3.94. The minimum Gasteiger partial charge on any atom is -0.490 e. The number of benzene rings is 2. The number of methoxy groups -OCH3 is 1. The van der Waals surface area contributed by atoms with E-state index in [1.54, 1.807) is 42.4 Å². The fraction of sp³-hybridized carbons (Fsp3) is 0.250. The number of amides is 1. The predicted molar refractivity (Wildman–Crippen MR) is 114 cm³/mol. The Morgan fingerprint density at radius 2 is 2.00 bits per heavy atom. The van der Waals surface area contributed by atoms with Crippen molar-refractivity contribution in [2.45, 2.75) is 12.5 Å². The number of nitrogens with zero attached hydrogens (tertiary/aromatic N) is 1. The SMILES string of the molecule is C=CCOc1cccc(C2c3c(oc4ccccc4c3=O)C(=O)N2CCCOC)c1. The number of carbonyl (C=O) groups is 1. The summed E-state index contributed by atoms with van der Waals surface area (Å²) in [6.07, 6.45) is 2.31. The van der Waals surface area contributed by atoms with Crippen LogP contribution in [0.5, 0.6) is 5.75 Å². The van der Waals surface area contributed by atoms with Crippen molar-refractivity contribution in [2.24, 2.45) is 0 Å². The van der Waals surface area contributed by atoms with Crippen LogP contribution in [0.4, 0.5) is 0 Å². The van der Waals surface area contributed by atoms with E-state index < -0.39 is 6.04 Å². The van der Waals surface area contributed by atoms with Crippen molar-refractivity contribution in [3.8, 4) is 5.75 Å². The van der Waals surface area contributed by atoms with E-state index >= 15 is 0 Å². The lowest BCUT2D eigenvalue weighted by molar-refractivity contribution is 0.0707. The van der Waals surface area contributed by atoms with Gasteiger partial charge in [0.25, 0.3) is 5.91 Å². The molecule has 6 nitrogen and oxygen atoms in total. The molecule has 1 aromatic heterocycles. The van der Waals surface area contributed by atoms with E-state index in [1.807, 2.05) is 24.3 Å². The Hall–Kier alpha value is -3.38. The fourth-order valence-corrected chi connectivity index (χ4v) is 3.85. The van der Waals surface area contributed by atoms with Crippen LogP contribution in [0.15, 0.2) is 70.4 Å². The molecule has 1 amide bonds. The van der Waals surface area contributed by atoms with Crippen LogP contribution >= 0.6 is 0 Å². The lowest BCUT2D eigenvalue weighted by Gasteiger charge is -2.25. The number of para-hydroxylation sites is 1. The molecule has 2 aromatic carbocycles. The summed E-state index contributed by atoms with van der Waals surface area (Å²) in [6.45, 7) is 4.99. The van der Waals surface area contributed by atoms with Gasteiger partial charge in [-0.25, -0.2) is 0 Å². The molecular formula is C24H23NO5. The molecule has 1 aliphatic rings. The second kappa shape index (κ2) is 8.55. The molecule has 1 unspecified atom stereocenters. The van der Waals surface area contributed by atoms with Crippen LogP contribution in [0.2, 0.25) is 0 Å². The molecule has 0 radical (unpaired) electrons. The van der Waals surface area contributed by atoms with Gasteiger partial charge < -0.3 is 18.8 Å². The Morgan fingerprint density at radius 3 is 2.80 bits per heavy atom. The third kappa shape index (κ3) is 3.50. The van der Waals surface area contributed by atoms with E-state index in [9.17, 15) is 9.59 Å². The van der Waals surface area contributed by atoms with Gasteiger partial charge in [0.1, 0.15) is 17.9 Å². The molecule has 3 aromatic rings. The summed E-state index contributed by atoms with van der Waals surface area (Å²) in [6, 6.07) is 13.9. The number of rotatable bonds is 8. The Labute approximate surface area is 174 Å². The van der Waals surface area contributed by atoms with Crippen LogP contribution in [0.25, 0.3) is 11.0 Å². The van der Waals surface area contributed by atoms with Gasteiger partial charge in [0.05, 0.1) is 17.0 Å². The highest BCUT2D eigenvalue weighted by Gasteiger charge is 2.42. The summed E-state index contributed by atoms with van der Waals surface area (Å²) in [5, 5.41) is 0.465. The monoisotopic (exact) mass is 405 g/mol. The third-order valence-corrected chi connectivity index (χ3v) is 5.16. The van der Waals surface area contributed by atoms with Gasteiger partial charge in [0, 0.05) is 20.3 Å². The maximum Gasteiger partial charge on any atom is 0.290 e. The van der Waals surface area contributed by atoms with Crippen LogP contribution in [-0.4, -0.2) is 37.7 Å². The Balaban J connectivity index is 1.86. The molecule has 1 aliphatic heterocycles. The number of hydrogen-bond donors (Lipinski definition) is 0. The van der Waals surface area contributed by atoms with E-state index in [0.29, 0.717) is 48.5 Å². The van der Waals surface area contributed by atoms with Gasteiger partial charge in [-0.15, -0.1) is 0 Å². The topological polar surface area (TPSA) is 69.0 Å². The maximum absolute atomic E-state index is 13.4. The fourth-order valence-electron chi connectivity index (χ4n) is 3.85. The molecule has 0 aliphatic carbocycles. The van der Waals surface area contributed by atoms with Crippen molar-refractivity contribution in [3.63, 3.8) is 0 Å². The first-order chi connectivity index (χ1) is 14.7. The summed E-state index contributed by atoms with van der Waals surface area (Å²) in [5.41, 5.74) is 1.40. The zero-order chi connectivity index (χ0) is 21.1.